The number of aryl methyl sites for hydroxylation is 1. The number of halogens is 2. The highest BCUT2D eigenvalue weighted by molar-refractivity contribution is 5.92. The second kappa shape index (κ2) is 9.96. The molecule has 0 aliphatic heterocycles. The predicted octanol–water partition coefficient (Wildman–Crippen LogP) is 3.70. The Balaban J connectivity index is 0.00000280. The highest BCUT2D eigenvalue weighted by atomic mass is 35.5. The molecule has 0 saturated heterocycles. The maximum Gasteiger partial charge on any atom is 0.227 e. The topological polar surface area (TPSA) is 96.7 Å². The average molecular weight is 404 g/mol. The Kier molecular flexibility index (Phi) is 7.66. The van der Waals surface area contributed by atoms with Gasteiger partial charge in [0.2, 0.25) is 5.91 Å². The number of H-pyrrole nitrogens is 1. The van der Waals surface area contributed by atoms with Crippen molar-refractivity contribution in [1.82, 2.24) is 15.2 Å². The summed E-state index contributed by atoms with van der Waals surface area (Å²) >= 11 is 0. The number of nitrogens with two attached hydrogens (primary N) is 1. The summed E-state index contributed by atoms with van der Waals surface area (Å²) in [5, 5.41) is 9.75. The molecule has 0 saturated carbocycles. The van der Waals surface area contributed by atoms with Gasteiger partial charge in [0, 0.05) is 17.2 Å². The summed E-state index contributed by atoms with van der Waals surface area (Å²) in [6.07, 6.45) is 1.10. The lowest BCUT2D eigenvalue weighted by Gasteiger charge is -2.12. The lowest BCUT2D eigenvalue weighted by molar-refractivity contribution is -0.119. The van der Waals surface area contributed by atoms with Gasteiger partial charge in [-0.1, -0.05) is 25.1 Å². The van der Waals surface area contributed by atoms with Gasteiger partial charge in [-0.2, -0.15) is 5.10 Å². The Morgan fingerprint density at radius 1 is 1.21 bits per heavy atom. The Morgan fingerprint density at radius 3 is 2.57 bits per heavy atom. The van der Waals surface area contributed by atoms with Crippen LogP contribution in [0.4, 0.5) is 10.1 Å². The molecule has 0 bridgehead atoms. The predicted molar refractivity (Wildman–Crippen MR) is 109 cm³/mol. The molecule has 3 aromatic rings. The molecule has 8 heteroatoms. The number of aromatic nitrogens is 3. The van der Waals surface area contributed by atoms with Crippen LogP contribution < -0.4 is 11.1 Å². The van der Waals surface area contributed by atoms with Crippen LogP contribution in [0.15, 0.2) is 48.5 Å². The van der Waals surface area contributed by atoms with Crippen LogP contribution >= 0.6 is 12.4 Å². The maximum absolute atomic E-state index is 13.7. The molecule has 28 heavy (non-hydrogen) atoms. The second-order valence-electron chi connectivity index (χ2n) is 6.41. The first-order valence-corrected chi connectivity index (χ1v) is 8.83. The van der Waals surface area contributed by atoms with Crippen LogP contribution in [0.5, 0.6) is 0 Å². The van der Waals surface area contributed by atoms with Crippen molar-refractivity contribution in [3.63, 3.8) is 0 Å². The van der Waals surface area contributed by atoms with Crippen LogP contribution in [0.3, 0.4) is 0 Å². The number of carbonyl (C=O) groups is 1. The average Bonchev–Trinajstić information content (AvgIpc) is 3.17. The van der Waals surface area contributed by atoms with Crippen molar-refractivity contribution in [2.75, 3.05) is 5.32 Å². The van der Waals surface area contributed by atoms with Crippen molar-refractivity contribution >= 4 is 24.0 Å². The summed E-state index contributed by atoms with van der Waals surface area (Å²) in [6.45, 7) is 2.14. The highest BCUT2D eigenvalue weighted by Crippen LogP contribution is 2.19. The third kappa shape index (κ3) is 5.37. The number of benzene rings is 2. The van der Waals surface area contributed by atoms with Gasteiger partial charge >= 0.3 is 0 Å². The Bertz CT molecular complexity index is 913. The van der Waals surface area contributed by atoms with E-state index in [1.54, 1.807) is 30.3 Å². The smallest absolute Gasteiger partial charge is 0.227 e. The number of hydrogen-bond acceptors (Lipinski definition) is 4. The van der Waals surface area contributed by atoms with E-state index in [9.17, 15) is 9.18 Å². The van der Waals surface area contributed by atoms with Gasteiger partial charge < -0.3 is 11.1 Å². The van der Waals surface area contributed by atoms with Gasteiger partial charge in [-0.15, -0.1) is 12.4 Å². The third-order valence-electron chi connectivity index (χ3n) is 4.39. The number of amides is 1. The maximum atomic E-state index is 13.7. The van der Waals surface area contributed by atoms with Crippen LogP contribution in [0.2, 0.25) is 0 Å². The molecule has 1 aromatic heterocycles. The summed E-state index contributed by atoms with van der Waals surface area (Å²) in [4.78, 5) is 16.6. The van der Waals surface area contributed by atoms with E-state index in [1.165, 1.54) is 6.07 Å². The van der Waals surface area contributed by atoms with Crippen molar-refractivity contribution < 1.29 is 9.18 Å². The zero-order valence-electron chi connectivity index (χ0n) is 15.5. The first-order valence-electron chi connectivity index (χ1n) is 8.83. The van der Waals surface area contributed by atoms with Crippen molar-refractivity contribution in [2.45, 2.75) is 26.3 Å². The molecule has 6 nitrogen and oxygen atoms in total. The zero-order chi connectivity index (χ0) is 19.2. The quantitative estimate of drug-likeness (QED) is 0.560. The van der Waals surface area contributed by atoms with Crippen LogP contribution in [0.1, 0.15) is 24.7 Å². The summed E-state index contributed by atoms with van der Waals surface area (Å²) in [6, 6.07) is 13.9. The van der Waals surface area contributed by atoms with E-state index in [-0.39, 0.29) is 30.0 Å². The molecule has 3 rings (SSSR count). The fraction of sp³-hybridized carbons (Fsp3) is 0.250. The van der Waals surface area contributed by atoms with Crippen LogP contribution in [-0.2, 0) is 17.8 Å². The van der Waals surface area contributed by atoms with Crippen molar-refractivity contribution in [3.8, 4) is 11.4 Å². The number of aromatic amines is 1. The molecule has 1 amide bonds. The molecule has 1 atom stereocenters. The third-order valence-corrected chi connectivity index (χ3v) is 4.39. The number of hydrogen-bond donors (Lipinski definition) is 3. The number of nitrogens with one attached hydrogen (secondary N) is 2. The van der Waals surface area contributed by atoms with Gasteiger partial charge in [-0.25, -0.2) is 9.37 Å². The number of anilines is 1. The monoisotopic (exact) mass is 403 g/mol. The van der Waals surface area contributed by atoms with E-state index in [0.717, 1.165) is 5.56 Å². The van der Waals surface area contributed by atoms with E-state index >= 15 is 0 Å². The van der Waals surface area contributed by atoms with E-state index in [0.29, 0.717) is 42.3 Å². The second-order valence-corrected chi connectivity index (χ2v) is 6.41. The molecule has 1 heterocycles. The molecule has 2 aromatic carbocycles. The molecule has 4 N–H and O–H groups in total. The van der Waals surface area contributed by atoms with Crippen molar-refractivity contribution in [1.29, 1.82) is 0 Å². The van der Waals surface area contributed by atoms with Gasteiger partial charge in [0.1, 0.15) is 11.6 Å². The van der Waals surface area contributed by atoms with Gasteiger partial charge in [-0.05, 0) is 48.7 Å². The minimum atomic E-state index is -0.232. The molecule has 0 radical (unpaired) electrons. The van der Waals surface area contributed by atoms with E-state index in [1.807, 2.05) is 19.1 Å². The molecule has 0 fully saturated rings. The van der Waals surface area contributed by atoms with Gasteiger partial charge in [0.15, 0.2) is 5.82 Å². The summed E-state index contributed by atoms with van der Waals surface area (Å²) in [7, 11) is 0. The molecule has 0 aliphatic rings. The lowest BCUT2D eigenvalue weighted by atomic mass is 10.00. The van der Waals surface area contributed by atoms with E-state index < -0.39 is 0 Å². The normalized spacial score (nSPS) is 11.5. The number of rotatable bonds is 7. The van der Waals surface area contributed by atoms with Gasteiger partial charge in [-0.3, -0.25) is 9.89 Å². The zero-order valence-corrected chi connectivity index (χ0v) is 16.3. The van der Waals surface area contributed by atoms with Gasteiger partial charge in [0.05, 0.1) is 6.54 Å². The van der Waals surface area contributed by atoms with E-state index in [4.69, 9.17) is 5.73 Å². The van der Waals surface area contributed by atoms with Crippen LogP contribution in [0, 0.1) is 11.7 Å². The first kappa shape index (κ1) is 21.5. The highest BCUT2D eigenvalue weighted by Gasteiger charge is 2.14. The number of carbonyl (C=O) groups excluding carboxylic acids is 1. The van der Waals surface area contributed by atoms with Crippen molar-refractivity contribution in [2.24, 2.45) is 11.7 Å². The summed E-state index contributed by atoms with van der Waals surface area (Å²) in [5.74, 6) is 0.620. The number of nitrogens with zero attached hydrogens (tertiary/aromatic N) is 2. The Hall–Kier alpha value is -2.77. The summed E-state index contributed by atoms with van der Waals surface area (Å²) in [5.41, 5.74) is 7.67. The Morgan fingerprint density at radius 2 is 1.93 bits per heavy atom. The molecular formula is C20H23ClFN5O. The fourth-order valence-electron chi connectivity index (χ4n) is 2.69. The molecule has 148 valence electrons. The van der Waals surface area contributed by atoms with E-state index in [2.05, 4.69) is 20.5 Å². The molecule has 1 unspecified atom stereocenters. The minimum Gasteiger partial charge on any atom is -0.326 e. The lowest BCUT2D eigenvalue weighted by Crippen LogP contribution is -2.21. The van der Waals surface area contributed by atoms with Crippen molar-refractivity contribution in [3.05, 3.63) is 65.7 Å². The van der Waals surface area contributed by atoms with Gasteiger partial charge in [0.25, 0.3) is 0 Å². The standard InChI is InChI=1S/C20H22FN5O.ClH/c1-13(6-7-14-4-2-3-5-17(14)21)20(27)23-16-10-8-15(9-11-16)19-24-18(12-22)25-26-19;/h2-5,8-11,13H,6-7,12,22H2,1H3,(H,23,27)(H,24,25,26);1H. The largest absolute Gasteiger partial charge is 0.326 e. The first-order chi connectivity index (χ1) is 13.1. The molecular weight excluding hydrogens is 381 g/mol. The molecule has 0 aliphatic carbocycles. The Labute approximate surface area is 169 Å². The van der Waals surface area contributed by atoms with Crippen LogP contribution in [0.25, 0.3) is 11.4 Å². The minimum absolute atomic E-state index is 0. The van der Waals surface area contributed by atoms with Crippen LogP contribution in [-0.4, -0.2) is 21.1 Å². The SMILES string of the molecule is CC(CCc1ccccc1F)C(=O)Nc1ccc(-c2n[nH]c(CN)n2)cc1.Cl. The summed E-state index contributed by atoms with van der Waals surface area (Å²) < 4.78 is 13.7. The fourth-order valence-corrected chi connectivity index (χ4v) is 2.69. The molecule has 0 spiro atoms.